The number of nitro benzene ring substituents is 2. The number of ether oxygens (including phenoxy) is 4. The molecule has 0 bridgehead atoms. The maximum absolute atomic E-state index is 11.2. The molecule has 2 aromatic carbocycles. The Labute approximate surface area is 147 Å². The molecule has 0 aliphatic carbocycles. The summed E-state index contributed by atoms with van der Waals surface area (Å²) in [6.45, 7) is 0.0460. The van der Waals surface area contributed by atoms with Crippen molar-refractivity contribution in [3.05, 3.63) is 61.7 Å². The number of nitro groups is 2. The van der Waals surface area contributed by atoms with Gasteiger partial charge in [0.05, 0.1) is 29.6 Å². The SMILES string of the molecule is COc1ccc(OCc2cc([N+](=O)[O-])cc3c2OCOC3)c([N+](=O)[O-])c1. The van der Waals surface area contributed by atoms with Crippen LogP contribution in [-0.2, 0) is 18.0 Å². The molecule has 0 N–H and O–H groups in total. The highest BCUT2D eigenvalue weighted by Gasteiger charge is 2.23. The molecule has 0 spiro atoms. The van der Waals surface area contributed by atoms with Gasteiger partial charge in [0.15, 0.2) is 12.5 Å². The van der Waals surface area contributed by atoms with Crippen molar-refractivity contribution < 1.29 is 28.8 Å². The summed E-state index contributed by atoms with van der Waals surface area (Å²) >= 11 is 0. The lowest BCUT2D eigenvalue weighted by Gasteiger charge is -2.20. The number of hydrogen-bond acceptors (Lipinski definition) is 8. The van der Waals surface area contributed by atoms with Crippen molar-refractivity contribution in [2.45, 2.75) is 13.2 Å². The van der Waals surface area contributed by atoms with Crippen LogP contribution in [0.25, 0.3) is 0 Å². The maximum Gasteiger partial charge on any atom is 0.314 e. The van der Waals surface area contributed by atoms with E-state index in [0.717, 1.165) is 0 Å². The molecule has 0 aromatic heterocycles. The Bertz CT molecular complexity index is 868. The summed E-state index contributed by atoms with van der Waals surface area (Å²) in [5.74, 6) is 0.762. The van der Waals surface area contributed by atoms with Crippen molar-refractivity contribution in [2.75, 3.05) is 13.9 Å². The van der Waals surface area contributed by atoms with E-state index in [1.54, 1.807) is 0 Å². The van der Waals surface area contributed by atoms with Gasteiger partial charge in [-0.05, 0) is 12.1 Å². The molecule has 0 radical (unpaired) electrons. The van der Waals surface area contributed by atoms with Gasteiger partial charge in [-0.3, -0.25) is 20.2 Å². The Kier molecular flexibility index (Phi) is 4.85. The van der Waals surface area contributed by atoms with Gasteiger partial charge in [-0.2, -0.15) is 0 Å². The number of rotatable bonds is 6. The van der Waals surface area contributed by atoms with Gasteiger partial charge >= 0.3 is 5.69 Å². The summed E-state index contributed by atoms with van der Waals surface area (Å²) in [4.78, 5) is 21.2. The van der Waals surface area contributed by atoms with E-state index in [1.165, 1.54) is 37.4 Å². The molecule has 26 heavy (non-hydrogen) atoms. The van der Waals surface area contributed by atoms with Crippen molar-refractivity contribution in [1.29, 1.82) is 0 Å². The Morgan fingerprint density at radius 2 is 1.96 bits per heavy atom. The Morgan fingerprint density at radius 1 is 1.15 bits per heavy atom. The minimum absolute atomic E-state index is 0.0144. The third-order valence-electron chi connectivity index (χ3n) is 3.73. The summed E-state index contributed by atoms with van der Waals surface area (Å²) in [5, 5.41) is 22.3. The predicted octanol–water partition coefficient (Wildman–Crippen LogP) is 2.96. The van der Waals surface area contributed by atoms with Gasteiger partial charge in [-0.15, -0.1) is 0 Å². The average molecular weight is 362 g/mol. The molecule has 10 heteroatoms. The minimum Gasteiger partial charge on any atom is -0.496 e. The summed E-state index contributed by atoms with van der Waals surface area (Å²) < 4.78 is 21.1. The molecule has 0 amide bonds. The normalized spacial score (nSPS) is 12.7. The molecule has 2 aromatic rings. The van der Waals surface area contributed by atoms with E-state index >= 15 is 0 Å². The molecule has 0 saturated carbocycles. The molecule has 0 fully saturated rings. The first kappa shape index (κ1) is 17.4. The van der Waals surface area contributed by atoms with Crippen LogP contribution in [0.2, 0.25) is 0 Å². The van der Waals surface area contributed by atoms with E-state index in [2.05, 4.69) is 0 Å². The molecule has 1 aliphatic heterocycles. The Balaban J connectivity index is 1.91. The second-order valence-corrected chi connectivity index (χ2v) is 5.34. The standard InChI is InChI=1S/C16H14N2O8/c1-23-13-2-3-15(14(6-13)18(21)22)25-8-11-5-12(17(19)20)4-10-7-24-9-26-16(10)11/h2-6H,7-9H2,1H3. The molecule has 0 atom stereocenters. The van der Waals surface area contributed by atoms with Crippen LogP contribution in [0.3, 0.4) is 0 Å². The quantitative estimate of drug-likeness (QED) is 0.567. The van der Waals surface area contributed by atoms with E-state index < -0.39 is 9.85 Å². The van der Waals surface area contributed by atoms with Gasteiger partial charge in [0.25, 0.3) is 5.69 Å². The van der Waals surface area contributed by atoms with Crippen LogP contribution in [-0.4, -0.2) is 23.7 Å². The van der Waals surface area contributed by atoms with Crippen molar-refractivity contribution in [2.24, 2.45) is 0 Å². The average Bonchev–Trinajstić information content (AvgIpc) is 2.65. The summed E-state index contributed by atoms with van der Waals surface area (Å²) in [6, 6.07) is 6.86. The molecular formula is C16H14N2O8. The van der Waals surface area contributed by atoms with Gasteiger partial charge in [-0.1, -0.05) is 0 Å². The Hall–Kier alpha value is -3.40. The smallest absolute Gasteiger partial charge is 0.314 e. The number of methoxy groups -OCH3 is 1. The second-order valence-electron chi connectivity index (χ2n) is 5.34. The van der Waals surface area contributed by atoms with Crippen LogP contribution < -0.4 is 14.2 Å². The lowest BCUT2D eigenvalue weighted by atomic mass is 10.1. The van der Waals surface area contributed by atoms with E-state index in [4.69, 9.17) is 18.9 Å². The fraction of sp³-hybridized carbons (Fsp3) is 0.250. The van der Waals surface area contributed by atoms with Crippen LogP contribution in [0.4, 0.5) is 11.4 Å². The van der Waals surface area contributed by atoms with Gasteiger partial charge in [-0.25, -0.2) is 0 Å². The molecule has 10 nitrogen and oxygen atoms in total. The van der Waals surface area contributed by atoms with Gasteiger partial charge < -0.3 is 18.9 Å². The third kappa shape index (κ3) is 3.49. The first-order valence-electron chi connectivity index (χ1n) is 7.45. The summed E-state index contributed by atoms with van der Waals surface area (Å²) in [5.41, 5.74) is 0.518. The number of benzene rings is 2. The second kappa shape index (κ2) is 7.23. The molecule has 3 rings (SSSR count). The van der Waals surface area contributed by atoms with Crippen LogP contribution in [0.1, 0.15) is 11.1 Å². The summed E-state index contributed by atoms with van der Waals surface area (Å²) in [7, 11) is 1.40. The molecule has 136 valence electrons. The van der Waals surface area contributed by atoms with E-state index in [-0.39, 0.29) is 37.1 Å². The molecular weight excluding hydrogens is 348 g/mol. The van der Waals surface area contributed by atoms with E-state index in [0.29, 0.717) is 22.6 Å². The first-order chi connectivity index (χ1) is 12.5. The lowest BCUT2D eigenvalue weighted by Crippen LogP contribution is -2.14. The molecule has 1 aliphatic rings. The molecule has 1 heterocycles. The monoisotopic (exact) mass is 362 g/mol. The number of non-ortho nitro benzene ring substituents is 1. The van der Waals surface area contributed by atoms with Crippen molar-refractivity contribution in [1.82, 2.24) is 0 Å². The van der Waals surface area contributed by atoms with E-state index in [1.807, 2.05) is 0 Å². The Morgan fingerprint density at radius 3 is 2.65 bits per heavy atom. The van der Waals surface area contributed by atoms with Crippen molar-refractivity contribution in [3.63, 3.8) is 0 Å². The lowest BCUT2D eigenvalue weighted by molar-refractivity contribution is -0.386. The topological polar surface area (TPSA) is 123 Å². The van der Waals surface area contributed by atoms with Crippen LogP contribution in [0.5, 0.6) is 17.2 Å². The van der Waals surface area contributed by atoms with Crippen molar-refractivity contribution in [3.8, 4) is 17.2 Å². The minimum atomic E-state index is -0.592. The zero-order chi connectivity index (χ0) is 18.7. The fourth-order valence-corrected chi connectivity index (χ4v) is 2.54. The number of nitrogens with zero attached hydrogens (tertiary/aromatic N) is 2. The highest BCUT2D eigenvalue weighted by atomic mass is 16.7. The molecule has 0 saturated heterocycles. The zero-order valence-electron chi connectivity index (χ0n) is 13.7. The van der Waals surface area contributed by atoms with Gasteiger partial charge in [0.1, 0.15) is 18.1 Å². The van der Waals surface area contributed by atoms with Gasteiger partial charge in [0.2, 0.25) is 0 Å². The van der Waals surface area contributed by atoms with Crippen LogP contribution in [0.15, 0.2) is 30.3 Å². The largest absolute Gasteiger partial charge is 0.496 e. The number of hydrogen-bond donors (Lipinski definition) is 0. The number of fused-ring (bicyclic) bond motifs is 1. The van der Waals surface area contributed by atoms with Crippen molar-refractivity contribution >= 4 is 11.4 Å². The van der Waals surface area contributed by atoms with E-state index in [9.17, 15) is 20.2 Å². The third-order valence-corrected chi connectivity index (χ3v) is 3.73. The molecule has 0 unspecified atom stereocenters. The summed E-state index contributed by atoms with van der Waals surface area (Å²) in [6.07, 6.45) is 0. The van der Waals surface area contributed by atoms with Crippen LogP contribution in [0, 0.1) is 20.2 Å². The highest BCUT2D eigenvalue weighted by molar-refractivity contribution is 5.53. The highest BCUT2D eigenvalue weighted by Crippen LogP contribution is 2.35. The van der Waals surface area contributed by atoms with Gasteiger partial charge in [0, 0.05) is 23.3 Å². The van der Waals surface area contributed by atoms with Crippen LogP contribution >= 0.6 is 0 Å². The predicted molar refractivity (Wildman–Crippen MR) is 87.4 cm³/mol. The fourth-order valence-electron chi connectivity index (χ4n) is 2.54. The first-order valence-corrected chi connectivity index (χ1v) is 7.45. The zero-order valence-corrected chi connectivity index (χ0v) is 13.7. The maximum atomic E-state index is 11.2.